The second-order valence-electron chi connectivity index (χ2n) is 2.29. The molecule has 0 radical (unpaired) electrons. The Kier molecular flexibility index (Phi) is 4.22. The number of esters is 1. The van der Waals surface area contributed by atoms with E-state index in [0.717, 1.165) is 0 Å². The highest BCUT2D eigenvalue weighted by Gasteiger charge is 2.30. The van der Waals surface area contributed by atoms with Crippen molar-refractivity contribution in [1.29, 1.82) is 0 Å². The lowest BCUT2D eigenvalue weighted by atomic mass is 10.4. The van der Waals surface area contributed by atoms with Crippen LogP contribution in [0.15, 0.2) is 12.2 Å². The Morgan fingerprint density at radius 3 is 2.08 bits per heavy atom. The van der Waals surface area contributed by atoms with Gasteiger partial charge in [-0.1, -0.05) is 6.58 Å². The Morgan fingerprint density at radius 2 is 1.83 bits per heavy atom. The summed E-state index contributed by atoms with van der Waals surface area (Å²) in [5, 5.41) is -1.49. The van der Waals surface area contributed by atoms with Crippen LogP contribution in [-0.4, -0.2) is 11.1 Å². The van der Waals surface area contributed by atoms with Crippen molar-refractivity contribution in [2.45, 2.75) is 18.9 Å². The van der Waals surface area contributed by atoms with Crippen LogP contribution in [0.25, 0.3) is 0 Å². The van der Waals surface area contributed by atoms with Gasteiger partial charge < -0.3 is 4.74 Å². The van der Waals surface area contributed by atoms with E-state index in [-0.39, 0.29) is 5.57 Å². The van der Waals surface area contributed by atoms with E-state index < -0.39 is 28.0 Å². The molecule has 66 valence electrons. The fourth-order valence-electron chi connectivity index (χ4n) is 0.317. The van der Waals surface area contributed by atoms with Gasteiger partial charge in [0.25, 0.3) is 5.08 Å². The van der Waals surface area contributed by atoms with Gasteiger partial charge in [-0.3, -0.25) is 9.13 Å². The third-order valence-corrected chi connectivity index (χ3v) is 2.32. The lowest BCUT2D eigenvalue weighted by molar-refractivity contribution is -0.141. The van der Waals surface area contributed by atoms with Crippen molar-refractivity contribution < 1.29 is 18.7 Å². The third kappa shape index (κ3) is 3.21. The Labute approximate surface area is 73.4 Å². The summed E-state index contributed by atoms with van der Waals surface area (Å²) in [6.07, 6.45) is 0. The van der Waals surface area contributed by atoms with Gasteiger partial charge in [0.05, 0.1) is 0 Å². The summed E-state index contributed by atoms with van der Waals surface area (Å²) < 4.78 is 25.4. The first kappa shape index (κ1) is 11.4. The molecule has 0 saturated carbocycles. The van der Waals surface area contributed by atoms with E-state index in [1.54, 1.807) is 0 Å². The van der Waals surface area contributed by atoms with Crippen molar-refractivity contribution in [3.63, 3.8) is 0 Å². The smallest absolute Gasteiger partial charge is 0.335 e. The minimum atomic E-state index is -1.49. The largest absolute Gasteiger partial charge is 0.431 e. The predicted molar refractivity (Wildman–Crippen MR) is 44.5 cm³/mol. The molecule has 0 spiro atoms. The maximum atomic E-state index is 10.9. The lowest BCUT2D eigenvalue weighted by Gasteiger charge is -2.13. The van der Waals surface area contributed by atoms with E-state index >= 15 is 0 Å². The van der Waals surface area contributed by atoms with Crippen LogP contribution < -0.4 is 0 Å². The number of carbonyl (C=O) groups excluding carboxylic acids is 1. The van der Waals surface area contributed by atoms with Crippen LogP contribution in [0.5, 0.6) is 0 Å². The number of hydrogen-bond donors (Lipinski definition) is 0. The molecule has 0 aliphatic rings. The zero-order valence-electron chi connectivity index (χ0n) is 6.73. The molecule has 0 aromatic heterocycles. The summed E-state index contributed by atoms with van der Waals surface area (Å²) in [5.74, 6) is -0.704. The van der Waals surface area contributed by atoms with Crippen LogP contribution >= 0.6 is 16.9 Å². The summed E-state index contributed by atoms with van der Waals surface area (Å²) in [7, 11) is -1.01. The molecule has 12 heavy (non-hydrogen) atoms. The Balaban J connectivity index is 4.41. The normalized spacial score (nSPS) is 15.5. The van der Waals surface area contributed by atoms with Gasteiger partial charge in [0, 0.05) is 5.57 Å². The van der Waals surface area contributed by atoms with Gasteiger partial charge in [0.15, 0.2) is 0 Å². The lowest BCUT2D eigenvalue weighted by Crippen LogP contribution is -2.19. The molecule has 0 unspecified atom stereocenters. The van der Waals surface area contributed by atoms with E-state index in [9.17, 15) is 13.9 Å². The molecule has 0 aliphatic heterocycles. The van der Waals surface area contributed by atoms with Crippen molar-refractivity contribution in [2.24, 2.45) is 0 Å². The summed E-state index contributed by atoms with van der Waals surface area (Å²) in [4.78, 5) is 10.9. The Bertz CT molecular complexity index is 228. The van der Waals surface area contributed by atoms with Gasteiger partial charge in [-0.2, -0.15) is 0 Å². The second kappa shape index (κ2) is 4.44. The molecule has 0 N–H and O–H groups in total. The first-order valence-corrected chi connectivity index (χ1v) is 4.65. The number of rotatable bonds is 4. The van der Waals surface area contributed by atoms with Crippen LogP contribution in [0.2, 0.25) is 0 Å². The van der Waals surface area contributed by atoms with Crippen LogP contribution in [0, 0.1) is 0 Å². The molecular formula is C6H8O4P2. The van der Waals surface area contributed by atoms with Crippen molar-refractivity contribution in [2.75, 3.05) is 0 Å². The molecule has 0 aliphatic carbocycles. The highest BCUT2D eigenvalue weighted by Crippen LogP contribution is 2.35. The van der Waals surface area contributed by atoms with Crippen LogP contribution in [0.1, 0.15) is 13.8 Å². The molecule has 0 saturated heterocycles. The average Bonchev–Trinajstić information content (AvgIpc) is 2.04. The highest BCUT2D eigenvalue weighted by atomic mass is 31.1. The Morgan fingerprint density at radius 1 is 1.42 bits per heavy atom. The fraction of sp³-hybridized carbons (Fsp3) is 0.500. The summed E-state index contributed by atoms with van der Waals surface area (Å²) in [6, 6.07) is 0. The molecular weight excluding hydrogens is 198 g/mol. The molecule has 0 atom stereocenters. The van der Waals surface area contributed by atoms with Crippen LogP contribution in [0.4, 0.5) is 0 Å². The highest BCUT2D eigenvalue weighted by molar-refractivity contribution is 7.46. The standard InChI is InChI=1S/C6H8O4P2/c1-4(2)5(7)10-6(3,11-8)12-9/h1H2,2-3H3. The van der Waals surface area contributed by atoms with Gasteiger partial charge in [0.2, 0.25) is 16.9 Å². The SMILES string of the molecule is C=C(C)C(=O)OC(C)(P=O)P=O. The first-order valence-electron chi connectivity index (χ1n) is 3.03. The van der Waals surface area contributed by atoms with E-state index in [1.807, 2.05) is 0 Å². The number of ether oxygens (including phenoxy) is 1. The topological polar surface area (TPSA) is 60.4 Å². The maximum absolute atomic E-state index is 10.9. The summed E-state index contributed by atoms with van der Waals surface area (Å²) >= 11 is 0. The van der Waals surface area contributed by atoms with Gasteiger partial charge in [-0.05, 0) is 13.8 Å². The fourth-order valence-corrected chi connectivity index (χ4v) is 0.690. The van der Waals surface area contributed by atoms with E-state index in [2.05, 4.69) is 11.3 Å². The molecule has 6 heteroatoms. The molecule has 0 rings (SSSR count). The minimum Gasteiger partial charge on any atom is -0.431 e. The van der Waals surface area contributed by atoms with Crippen molar-refractivity contribution >= 4 is 22.9 Å². The summed E-state index contributed by atoms with van der Waals surface area (Å²) in [5.41, 5.74) is 0.175. The predicted octanol–water partition coefficient (Wildman–Crippen LogP) is 2.36. The maximum Gasteiger partial charge on any atom is 0.335 e. The molecule has 4 nitrogen and oxygen atoms in total. The van der Waals surface area contributed by atoms with Crippen molar-refractivity contribution in [3.8, 4) is 0 Å². The Hall–Kier alpha value is -0.590. The molecule has 0 aromatic carbocycles. The zero-order valence-corrected chi connectivity index (χ0v) is 8.52. The monoisotopic (exact) mass is 206 g/mol. The average molecular weight is 206 g/mol. The van der Waals surface area contributed by atoms with E-state index in [4.69, 9.17) is 0 Å². The molecule has 0 aromatic rings. The van der Waals surface area contributed by atoms with Crippen LogP contribution in [-0.2, 0) is 18.7 Å². The van der Waals surface area contributed by atoms with Crippen molar-refractivity contribution in [3.05, 3.63) is 12.2 Å². The second-order valence-corrected chi connectivity index (χ2v) is 4.71. The van der Waals surface area contributed by atoms with Gasteiger partial charge in [-0.15, -0.1) is 0 Å². The molecule has 0 fully saturated rings. The molecule has 0 amide bonds. The molecule has 0 bridgehead atoms. The molecule has 0 heterocycles. The van der Waals surface area contributed by atoms with Crippen molar-refractivity contribution in [1.82, 2.24) is 0 Å². The zero-order chi connectivity index (χ0) is 9.78. The minimum absolute atomic E-state index is 0.175. The van der Waals surface area contributed by atoms with Gasteiger partial charge in [-0.25, -0.2) is 4.79 Å². The first-order chi connectivity index (χ1) is 5.45. The number of hydrogen-bond acceptors (Lipinski definition) is 4. The number of carbonyl (C=O) groups is 1. The van der Waals surface area contributed by atoms with E-state index in [1.165, 1.54) is 13.8 Å². The quantitative estimate of drug-likeness (QED) is 0.402. The summed E-state index contributed by atoms with van der Waals surface area (Å²) in [6.45, 7) is 6.06. The van der Waals surface area contributed by atoms with Gasteiger partial charge >= 0.3 is 5.97 Å². The van der Waals surface area contributed by atoms with Gasteiger partial charge in [0.1, 0.15) is 0 Å². The van der Waals surface area contributed by atoms with Crippen LogP contribution in [0.3, 0.4) is 0 Å². The third-order valence-electron chi connectivity index (χ3n) is 0.973. The van der Waals surface area contributed by atoms with E-state index in [0.29, 0.717) is 0 Å².